The molecule has 2 saturated carbocycles. The molecule has 2 nitrogen and oxygen atoms in total. The van der Waals surface area contributed by atoms with Crippen molar-refractivity contribution in [2.75, 3.05) is 13.7 Å². The zero-order valence-electron chi connectivity index (χ0n) is 7.75. The normalized spacial score (nSPS) is 46.5. The van der Waals surface area contributed by atoms with Crippen LogP contribution in [-0.2, 0) is 4.74 Å². The van der Waals surface area contributed by atoms with Crippen molar-refractivity contribution in [3.63, 3.8) is 0 Å². The van der Waals surface area contributed by atoms with Gasteiger partial charge in [0.25, 0.3) is 0 Å². The van der Waals surface area contributed by atoms with E-state index in [2.05, 4.69) is 0 Å². The van der Waals surface area contributed by atoms with Gasteiger partial charge in [0.15, 0.2) is 0 Å². The van der Waals surface area contributed by atoms with Crippen molar-refractivity contribution in [2.45, 2.75) is 38.2 Å². The maximum Gasteiger partial charge on any atom is 0.0631 e. The quantitative estimate of drug-likeness (QED) is 0.681. The highest BCUT2D eigenvalue weighted by Gasteiger charge is 2.59. The number of aliphatic hydroxyl groups excluding tert-OH is 1. The van der Waals surface area contributed by atoms with E-state index in [0.29, 0.717) is 24.0 Å². The Morgan fingerprint density at radius 3 is 2.92 bits per heavy atom. The number of ether oxygens (including phenoxy) is 1. The Balaban J connectivity index is 2.02. The van der Waals surface area contributed by atoms with Gasteiger partial charge in [-0.2, -0.15) is 0 Å². The highest BCUT2D eigenvalue weighted by atomic mass is 16.5. The fourth-order valence-corrected chi connectivity index (χ4v) is 2.93. The van der Waals surface area contributed by atoms with Crippen molar-refractivity contribution in [3.05, 3.63) is 0 Å². The topological polar surface area (TPSA) is 29.5 Å². The molecular formula is C10H18O2. The summed E-state index contributed by atoms with van der Waals surface area (Å²) in [7, 11) is 1.81. The van der Waals surface area contributed by atoms with Crippen molar-refractivity contribution in [2.24, 2.45) is 11.3 Å². The van der Waals surface area contributed by atoms with Crippen LogP contribution >= 0.6 is 0 Å². The van der Waals surface area contributed by atoms with E-state index in [-0.39, 0.29) is 0 Å². The first-order valence-electron chi connectivity index (χ1n) is 4.97. The van der Waals surface area contributed by atoms with Crippen LogP contribution in [0.4, 0.5) is 0 Å². The molecule has 3 atom stereocenters. The van der Waals surface area contributed by atoms with Crippen LogP contribution in [0, 0.1) is 11.3 Å². The summed E-state index contributed by atoms with van der Waals surface area (Å²) in [6.45, 7) is 0.361. The third-order valence-corrected chi connectivity index (χ3v) is 3.78. The molecule has 0 aliphatic heterocycles. The molecule has 12 heavy (non-hydrogen) atoms. The SMILES string of the molecule is CO[C@H]1CCCC[C@@]12C[C@H]2CO. The molecule has 0 aromatic carbocycles. The van der Waals surface area contributed by atoms with Gasteiger partial charge in [-0.05, 0) is 25.2 Å². The van der Waals surface area contributed by atoms with Gasteiger partial charge < -0.3 is 9.84 Å². The van der Waals surface area contributed by atoms with Gasteiger partial charge in [0.2, 0.25) is 0 Å². The molecule has 2 heteroatoms. The second-order valence-corrected chi connectivity index (χ2v) is 4.29. The summed E-state index contributed by atoms with van der Waals surface area (Å²) in [5.41, 5.74) is 0.391. The lowest BCUT2D eigenvalue weighted by atomic mass is 9.81. The van der Waals surface area contributed by atoms with E-state index in [9.17, 15) is 0 Å². The summed E-state index contributed by atoms with van der Waals surface area (Å²) in [5, 5.41) is 9.08. The Morgan fingerprint density at radius 1 is 1.50 bits per heavy atom. The zero-order valence-corrected chi connectivity index (χ0v) is 7.75. The fraction of sp³-hybridized carbons (Fsp3) is 1.00. The molecule has 0 bridgehead atoms. The Hall–Kier alpha value is -0.0800. The molecule has 0 aromatic rings. The molecule has 1 N–H and O–H groups in total. The van der Waals surface area contributed by atoms with Crippen LogP contribution in [0.5, 0.6) is 0 Å². The minimum atomic E-state index is 0.361. The Morgan fingerprint density at radius 2 is 2.33 bits per heavy atom. The third kappa shape index (κ3) is 1.09. The molecule has 0 aromatic heterocycles. The summed E-state index contributed by atoms with van der Waals surface area (Å²) in [6, 6.07) is 0. The van der Waals surface area contributed by atoms with Crippen LogP contribution in [0.1, 0.15) is 32.1 Å². The lowest BCUT2D eigenvalue weighted by Crippen LogP contribution is -2.30. The summed E-state index contributed by atoms with van der Waals surface area (Å²) < 4.78 is 5.49. The fourth-order valence-electron chi connectivity index (χ4n) is 2.93. The molecule has 2 aliphatic carbocycles. The summed E-state index contributed by atoms with van der Waals surface area (Å²) >= 11 is 0. The number of hydrogen-bond acceptors (Lipinski definition) is 2. The van der Waals surface area contributed by atoms with Crippen LogP contribution in [0.25, 0.3) is 0 Å². The molecule has 2 aliphatic rings. The molecule has 0 unspecified atom stereocenters. The van der Waals surface area contributed by atoms with Gasteiger partial charge in [0, 0.05) is 19.1 Å². The highest BCUT2D eigenvalue weighted by molar-refractivity contribution is 5.08. The third-order valence-electron chi connectivity index (χ3n) is 3.78. The highest BCUT2D eigenvalue weighted by Crippen LogP contribution is 2.61. The second kappa shape index (κ2) is 3.00. The predicted molar refractivity (Wildman–Crippen MR) is 46.9 cm³/mol. The van der Waals surface area contributed by atoms with E-state index in [1.54, 1.807) is 0 Å². The molecule has 2 fully saturated rings. The lowest BCUT2D eigenvalue weighted by molar-refractivity contribution is -0.00129. The van der Waals surface area contributed by atoms with Gasteiger partial charge in [-0.15, -0.1) is 0 Å². The van der Waals surface area contributed by atoms with Gasteiger partial charge in [-0.1, -0.05) is 12.8 Å². The van der Waals surface area contributed by atoms with Crippen molar-refractivity contribution >= 4 is 0 Å². The van der Waals surface area contributed by atoms with E-state index in [1.165, 1.54) is 32.1 Å². The predicted octanol–water partition coefficient (Wildman–Crippen LogP) is 1.57. The largest absolute Gasteiger partial charge is 0.396 e. The molecule has 70 valence electrons. The smallest absolute Gasteiger partial charge is 0.0631 e. The summed E-state index contributed by atoms with van der Waals surface area (Å²) in [5.74, 6) is 0.544. The summed E-state index contributed by atoms with van der Waals surface area (Å²) in [6.07, 6.45) is 6.74. The van der Waals surface area contributed by atoms with Crippen LogP contribution in [-0.4, -0.2) is 24.9 Å². The number of rotatable bonds is 2. The van der Waals surface area contributed by atoms with Crippen molar-refractivity contribution in [1.82, 2.24) is 0 Å². The molecule has 0 saturated heterocycles. The van der Waals surface area contributed by atoms with Crippen LogP contribution in [0.3, 0.4) is 0 Å². The maximum absolute atomic E-state index is 9.08. The van der Waals surface area contributed by atoms with E-state index in [4.69, 9.17) is 9.84 Å². The molecule has 1 spiro atoms. The van der Waals surface area contributed by atoms with E-state index >= 15 is 0 Å². The molecule has 0 heterocycles. The van der Waals surface area contributed by atoms with Crippen molar-refractivity contribution < 1.29 is 9.84 Å². The monoisotopic (exact) mass is 170 g/mol. The van der Waals surface area contributed by atoms with Gasteiger partial charge in [0.05, 0.1) is 6.10 Å². The number of hydrogen-bond donors (Lipinski definition) is 1. The van der Waals surface area contributed by atoms with Gasteiger partial charge in [-0.3, -0.25) is 0 Å². The Kier molecular flexibility index (Phi) is 2.13. The number of methoxy groups -OCH3 is 1. The van der Waals surface area contributed by atoms with E-state index in [1.807, 2.05) is 7.11 Å². The van der Waals surface area contributed by atoms with E-state index in [0.717, 1.165) is 0 Å². The summed E-state index contributed by atoms with van der Waals surface area (Å²) in [4.78, 5) is 0. The van der Waals surface area contributed by atoms with E-state index < -0.39 is 0 Å². The Bertz CT molecular complexity index is 169. The first-order chi connectivity index (χ1) is 5.83. The average molecular weight is 170 g/mol. The number of aliphatic hydroxyl groups is 1. The molecular weight excluding hydrogens is 152 g/mol. The first kappa shape index (κ1) is 8.52. The van der Waals surface area contributed by atoms with Gasteiger partial charge >= 0.3 is 0 Å². The minimum Gasteiger partial charge on any atom is -0.396 e. The van der Waals surface area contributed by atoms with Gasteiger partial charge in [0.1, 0.15) is 0 Å². The first-order valence-corrected chi connectivity index (χ1v) is 4.97. The molecule has 2 rings (SSSR count). The Labute approximate surface area is 73.9 Å². The molecule has 0 radical (unpaired) electrons. The average Bonchev–Trinajstić information content (AvgIpc) is 2.81. The van der Waals surface area contributed by atoms with Crippen molar-refractivity contribution in [1.29, 1.82) is 0 Å². The second-order valence-electron chi connectivity index (χ2n) is 4.29. The van der Waals surface area contributed by atoms with Crippen LogP contribution in [0.2, 0.25) is 0 Å². The van der Waals surface area contributed by atoms with Gasteiger partial charge in [-0.25, -0.2) is 0 Å². The zero-order chi connectivity index (χ0) is 8.60. The maximum atomic E-state index is 9.08. The van der Waals surface area contributed by atoms with Crippen LogP contribution < -0.4 is 0 Å². The molecule has 0 amide bonds. The minimum absolute atomic E-state index is 0.361. The van der Waals surface area contributed by atoms with Crippen LogP contribution in [0.15, 0.2) is 0 Å². The standard InChI is InChI=1S/C10H18O2/c1-12-9-4-2-3-5-10(9)6-8(10)7-11/h8-9,11H,2-7H2,1H3/t8-,9-,10-/m0/s1. The lowest BCUT2D eigenvalue weighted by Gasteiger charge is -2.31. The van der Waals surface area contributed by atoms with Crippen molar-refractivity contribution in [3.8, 4) is 0 Å².